The molecule has 2 aromatic carbocycles. The van der Waals surface area contributed by atoms with E-state index in [9.17, 15) is 13.6 Å². The Balaban J connectivity index is 1.70. The second-order valence-electron chi connectivity index (χ2n) is 5.88. The Morgan fingerprint density at radius 3 is 2.88 bits per heavy atom. The maximum absolute atomic E-state index is 12.5. The number of amides is 1. The van der Waals surface area contributed by atoms with Crippen molar-refractivity contribution in [3.05, 3.63) is 58.6 Å². The van der Waals surface area contributed by atoms with Gasteiger partial charge in [0.15, 0.2) is 0 Å². The summed E-state index contributed by atoms with van der Waals surface area (Å²) >= 11 is 7.04. The lowest BCUT2D eigenvalue weighted by atomic mass is 9.95. The Labute approximate surface area is 160 Å². The van der Waals surface area contributed by atoms with Crippen LogP contribution in [0.5, 0.6) is 0 Å². The molecule has 0 radical (unpaired) electrons. The lowest BCUT2D eigenvalue weighted by molar-refractivity contribution is -0.119. The van der Waals surface area contributed by atoms with Gasteiger partial charge in [0, 0.05) is 4.90 Å². The highest BCUT2D eigenvalue weighted by Crippen LogP contribution is 2.36. The van der Waals surface area contributed by atoms with Crippen LogP contribution < -0.4 is 5.32 Å². The van der Waals surface area contributed by atoms with Crippen molar-refractivity contribution in [1.82, 2.24) is 0 Å². The van der Waals surface area contributed by atoms with Gasteiger partial charge in [-0.1, -0.05) is 41.9 Å². The highest BCUT2D eigenvalue weighted by molar-refractivity contribution is 7.99. The molecule has 138 valence electrons. The largest absolute Gasteiger partial charge is 0.373 e. The molecule has 3 nitrogen and oxygen atoms in total. The van der Waals surface area contributed by atoms with Crippen LogP contribution in [-0.2, 0) is 16.0 Å². The number of carbonyl (C=O) groups is 1. The summed E-state index contributed by atoms with van der Waals surface area (Å²) in [6.07, 6.45) is -1.78. The molecule has 1 aliphatic rings. The summed E-state index contributed by atoms with van der Waals surface area (Å²) in [7, 11) is 0. The Bertz CT molecular complexity index is 788. The topological polar surface area (TPSA) is 38.3 Å². The van der Waals surface area contributed by atoms with Gasteiger partial charge in [0.2, 0.25) is 12.3 Å². The van der Waals surface area contributed by atoms with E-state index in [1.54, 1.807) is 18.2 Å². The highest BCUT2D eigenvalue weighted by Gasteiger charge is 2.23. The molecule has 0 spiro atoms. The molecule has 0 aliphatic carbocycles. The molecule has 0 aromatic heterocycles. The lowest BCUT2D eigenvalue weighted by Crippen LogP contribution is -2.22. The van der Waals surface area contributed by atoms with Crippen molar-refractivity contribution in [2.24, 2.45) is 0 Å². The number of thioether (sulfide) groups is 1. The summed E-state index contributed by atoms with van der Waals surface area (Å²) in [5.74, 6) is -0.626. The summed E-state index contributed by atoms with van der Waals surface area (Å²) < 4.78 is 30.8. The second kappa shape index (κ2) is 8.84. The van der Waals surface area contributed by atoms with E-state index in [0.717, 1.165) is 23.7 Å². The average Bonchev–Trinajstić information content (AvgIpc) is 2.61. The molecule has 1 amide bonds. The van der Waals surface area contributed by atoms with Crippen LogP contribution in [0.4, 0.5) is 14.5 Å². The first-order valence-electron chi connectivity index (χ1n) is 8.23. The molecule has 0 bridgehead atoms. The number of nitrogens with one attached hydrogen (secondary N) is 1. The molecule has 1 atom stereocenters. The lowest BCUT2D eigenvalue weighted by Gasteiger charge is -2.25. The van der Waals surface area contributed by atoms with Crippen LogP contribution in [0.1, 0.15) is 23.7 Å². The molecular weight excluding hydrogens is 380 g/mol. The van der Waals surface area contributed by atoms with E-state index < -0.39 is 6.43 Å². The van der Waals surface area contributed by atoms with Crippen LogP contribution >= 0.6 is 23.4 Å². The van der Waals surface area contributed by atoms with Gasteiger partial charge in [0.25, 0.3) is 0 Å². The van der Waals surface area contributed by atoms with Gasteiger partial charge in [0.05, 0.1) is 35.6 Å². The normalized spacial score (nSPS) is 16.4. The predicted molar refractivity (Wildman–Crippen MR) is 100 cm³/mol. The highest BCUT2D eigenvalue weighted by atomic mass is 35.5. The summed E-state index contributed by atoms with van der Waals surface area (Å²) in [5.41, 5.74) is 2.65. The Morgan fingerprint density at radius 1 is 1.27 bits per heavy atom. The number of hydrogen-bond donors (Lipinski definition) is 1. The molecule has 1 heterocycles. The van der Waals surface area contributed by atoms with Crippen molar-refractivity contribution in [2.75, 3.05) is 17.7 Å². The third kappa shape index (κ3) is 4.75. The van der Waals surface area contributed by atoms with Gasteiger partial charge < -0.3 is 10.1 Å². The minimum Gasteiger partial charge on any atom is -0.373 e. The van der Waals surface area contributed by atoms with Crippen molar-refractivity contribution in [2.45, 2.75) is 30.3 Å². The minimum atomic E-state index is -2.45. The van der Waals surface area contributed by atoms with Gasteiger partial charge in [-0.05, 0) is 29.7 Å². The molecule has 0 saturated heterocycles. The fourth-order valence-corrected chi connectivity index (χ4v) is 4.03. The fraction of sp³-hybridized carbons (Fsp3) is 0.316. The van der Waals surface area contributed by atoms with Crippen LogP contribution in [-0.4, -0.2) is 24.7 Å². The van der Waals surface area contributed by atoms with Crippen LogP contribution in [0.3, 0.4) is 0 Å². The average molecular weight is 398 g/mol. The maximum atomic E-state index is 12.5. The summed E-state index contributed by atoms with van der Waals surface area (Å²) in [4.78, 5) is 13.0. The van der Waals surface area contributed by atoms with Gasteiger partial charge >= 0.3 is 0 Å². The van der Waals surface area contributed by atoms with Crippen molar-refractivity contribution >= 4 is 35.0 Å². The number of rotatable bonds is 6. The maximum Gasteiger partial charge on any atom is 0.247 e. The molecule has 1 unspecified atom stereocenters. The van der Waals surface area contributed by atoms with Gasteiger partial charge in [0.1, 0.15) is 0 Å². The zero-order valence-electron chi connectivity index (χ0n) is 13.9. The number of carbonyl (C=O) groups excluding carboxylic acids is 1. The van der Waals surface area contributed by atoms with E-state index in [1.807, 2.05) is 24.3 Å². The summed E-state index contributed by atoms with van der Waals surface area (Å²) in [6, 6.07) is 12.9. The number of benzene rings is 2. The molecule has 0 fully saturated rings. The van der Waals surface area contributed by atoms with Gasteiger partial charge in [-0.2, -0.15) is 0 Å². The van der Waals surface area contributed by atoms with Crippen LogP contribution in [0.15, 0.2) is 47.4 Å². The van der Waals surface area contributed by atoms with E-state index in [0.29, 0.717) is 22.2 Å². The quantitative estimate of drug-likeness (QED) is 0.668. The SMILES string of the molecule is O=C(CC1OCCc2ccccc21)Nc1cccc(Cl)c1SCC(F)F. The molecule has 3 rings (SSSR count). The Hall–Kier alpha value is -1.63. The van der Waals surface area contributed by atoms with Crippen molar-refractivity contribution in [3.8, 4) is 0 Å². The first kappa shape index (κ1) is 19.1. The third-order valence-electron chi connectivity index (χ3n) is 4.06. The van der Waals surface area contributed by atoms with E-state index in [-0.39, 0.29) is 24.2 Å². The van der Waals surface area contributed by atoms with E-state index in [4.69, 9.17) is 16.3 Å². The van der Waals surface area contributed by atoms with E-state index in [2.05, 4.69) is 5.32 Å². The molecule has 26 heavy (non-hydrogen) atoms. The number of anilines is 1. The smallest absolute Gasteiger partial charge is 0.247 e. The van der Waals surface area contributed by atoms with E-state index in [1.165, 1.54) is 5.56 Å². The minimum absolute atomic E-state index is 0.155. The summed E-state index contributed by atoms with van der Waals surface area (Å²) in [5, 5.41) is 3.12. The Morgan fingerprint density at radius 2 is 2.08 bits per heavy atom. The first-order valence-corrected chi connectivity index (χ1v) is 9.59. The second-order valence-corrected chi connectivity index (χ2v) is 7.32. The van der Waals surface area contributed by atoms with Gasteiger partial charge in [-0.25, -0.2) is 8.78 Å². The molecule has 0 saturated carbocycles. The zero-order valence-corrected chi connectivity index (χ0v) is 15.5. The number of fused-ring (bicyclic) bond motifs is 1. The fourth-order valence-electron chi connectivity index (χ4n) is 2.92. The number of hydrogen-bond acceptors (Lipinski definition) is 3. The van der Waals surface area contributed by atoms with Crippen molar-refractivity contribution in [1.29, 1.82) is 0 Å². The predicted octanol–water partition coefficient (Wildman–Crippen LogP) is 5.34. The molecule has 1 N–H and O–H groups in total. The molecular formula is C19H18ClF2NO2S. The summed E-state index contributed by atoms with van der Waals surface area (Å²) in [6.45, 7) is 0.571. The number of ether oxygens (including phenoxy) is 1. The first-order chi connectivity index (χ1) is 12.5. The molecule has 2 aromatic rings. The van der Waals surface area contributed by atoms with Crippen molar-refractivity contribution in [3.63, 3.8) is 0 Å². The molecule has 7 heteroatoms. The van der Waals surface area contributed by atoms with Crippen LogP contribution in [0.25, 0.3) is 0 Å². The van der Waals surface area contributed by atoms with Crippen LogP contribution in [0, 0.1) is 0 Å². The monoisotopic (exact) mass is 397 g/mol. The third-order valence-corrected chi connectivity index (χ3v) is 5.63. The van der Waals surface area contributed by atoms with Gasteiger partial charge in [-0.15, -0.1) is 11.8 Å². The number of halogens is 3. The number of alkyl halides is 2. The molecule has 1 aliphatic heterocycles. The van der Waals surface area contributed by atoms with E-state index >= 15 is 0 Å². The van der Waals surface area contributed by atoms with Gasteiger partial charge in [-0.3, -0.25) is 4.79 Å². The standard InChI is InChI=1S/C19H18ClF2NO2S/c20-14-6-3-7-15(19(14)26-11-17(21)22)23-18(24)10-16-13-5-2-1-4-12(13)8-9-25-16/h1-7,16-17H,8-11H2,(H,23,24). The van der Waals surface area contributed by atoms with Crippen LogP contribution in [0.2, 0.25) is 5.02 Å². The zero-order chi connectivity index (χ0) is 18.5. The Kier molecular flexibility index (Phi) is 6.51. The van der Waals surface area contributed by atoms with Crippen molar-refractivity contribution < 1.29 is 18.3 Å².